The van der Waals surface area contributed by atoms with Gasteiger partial charge in [0, 0.05) is 41.6 Å². The van der Waals surface area contributed by atoms with Gasteiger partial charge in [-0.3, -0.25) is 0 Å². The van der Waals surface area contributed by atoms with Crippen LogP contribution in [0, 0.1) is 20.6 Å². The van der Waals surface area contributed by atoms with Crippen molar-refractivity contribution >= 4 is 43.5 Å². The van der Waals surface area contributed by atoms with Crippen molar-refractivity contribution < 1.29 is 25.9 Å². The average Bonchev–Trinajstić information content (AvgIpc) is 3.25. The quantitative estimate of drug-likeness (QED) is 0.228. The topological polar surface area (TPSA) is 20.9 Å². The van der Waals surface area contributed by atoms with E-state index >= 15 is 0 Å². The summed E-state index contributed by atoms with van der Waals surface area (Å²) in [5.74, 6) is 0. The highest BCUT2D eigenvalue weighted by atomic mass is 16.3. The SMILES string of the molecule is [2H]C([2H])([2H])c1cc(-c2c[n+](C)c(C([2H])([2H])[2H])c3c2oc2c3ccc3ccc4ccccc4c32)[n+](C)cc1C([2H])([2H])[2H]. The highest BCUT2D eigenvalue weighted by Gasteiger charge is 2.26. The zero-order chi connectivity index (χ0) is 29.6. The maximum atomic E-state index is 8.36. The third-order valence-corrected chi connectivity index (χ3v) is 6.27. The second kappa shape index (κ2) is 6.64. The Labute approximate surface area is 199 Å². The van der Waals surface area contributed by atoms with Gasteiger partial charge in [-0.1, -0.05) is 42.5 Å². The summed E-state index contributed by atoms with van der Waals surface area (Å²) in [6.07, 6.45) is 2.90. The Morgan fingerprint density at radius 1 is 0.719 bits per heavy atom. The van der Waals surface area contributed by atoms with Crippen LogP contribution >= 0.6 is 0 Å². The minimum absolute atomic E-state index is 0.0763. The second-order valence-electron chi connectivity index (χ2n) is 8.23. The minimum atomic E-state index is -2.70. The highest BCUT2D eigenvalue weighted by molar-refractivity contribution is 6.24. The number of hydrogen-bond acceptors (Lipinski definition) is 1. The fraction of sp³-hybridized carbons (Fsp3) is 0.172. The van der Waals surface area contributed by atoms with Gasteiger partial charge < -0.3 is 4.42 Å². The van der Waals surface area contributed by atoms with E-state index < -0.39 is 20.6 Å². The summed E-state index contributed by atoms with van der Waals surface area (Å²) in [7, 11) is 3.25. The van der Waals surface area contributed by atoms with E-state index in [2.05, 4.69) is 0 Å². The Hall–Kier alpha value is -3.72. The molecule has 0 atom stereocenters. The molecule has 6 aromatic rings. The van der Waals surface area contributed by atoms with E-state index in [9.17, 15) is 0 Å². The van der Waals surface area contributed by atoms with Crippen LogP contribution in [0.4, 0.5) is 0 Å². The molecule has 0 unspecified atom stereocenters. The molecule has 3 heterocycles. The molecular formula is C29H26N2O+2. The Morgan fingerprint density at radius 2 is 1.53 bits per heavy atom. The van der Waals surface area contributed by atoms with Crippen molar-refractivity contribution in [1.29, 1.82) is 0 Å². The Kier molecular flexibility index (Phi) is 2.44. The minimum Gasteiger partial charge on any atom is -0.454 e. The van der Waals surface area contributed by atoms with E-state index in [1.807, 2.05) is 48.5 Å². The van der Waals surface area contributed by atoms with E-state index in [-0.39, 0.29) is 22.4 Å². The summed E-state index contributed by atoms with van der Waals surface area (Å²) in [6, 6.07) is 17.0. The van der Waals surface area contributed by atoms with E-state index in [0.29, 0.717) is 27.6 Å². The molecule has 3 aromatic carbocycles. The first kappa shape index (κ1) is 11.8. The molecule has 0 radical (unpaired) electrons. The predicted octanol–water partition coefficient (Wildman–Crippen LogP) is 6.13. The molecule has 0 aliphatic rings. The van der Waals surface area contributed by atoms with Crippen LogP contribution < -0.4 is 9.13 Å². The van der Waals surface area contributed by atoms with Crippen molar-refractivity contribution in [3.63, 3.8) is 0 Å². The van der Waals surface area contributed by atoms with Crippen molar-refractivity contribution in [3.8, 4) is 11.3 Å². The summed E-state index contributed by atoms with van der Waals surface area (Å²) in [5, 5.41) is 4.73. The molecule has 3 heteroatoms. The standard InChI is InChI=1S/C29H26N2O/c1-17-14-25(31(5)15-18(17)2)24-16-30(4)19(3)26-23-13-12-21-11-10-20-8-6-7-9-22(20)27(21)28(23)32-29(24)26/h6-16H,1-5H3/q+2/i1D3,2D3,3D3. The van der Waals surface area contributed by atoms with Gasteiger partial charge in [-0.05, 0) is 41.5 Å². The number of aryl methyl sites for hydroxylation is 5. The Morgan fingerprint density at radius 3 is 2.38 bits per heavy atom. The fourth-order valence-corrected chi connectivity index (χ4v) is 4.66. The maximum Gasteiger partial charge on any atom is 0.222 e. The van der Waals surface area contributed by atoms with Gasteiger partial charge in [0.1, 0.15) is 19.7 Å². The molecule has 0 amide bonds. The van der Waals surface area contributed by atoms with Crippen LogP contribution in [-0.4, -0.2) is 0 Å². The van der Waals surface area contributed by atoms with Crippen LogP contribution in [-0.2, 0) is 14.1 Å². The smallest absolute Gasteiger partial charge is 0.222 e. The molecule has 32 heavy (non-hydrogen) atoms. The van der Waals surface area contributed by atoms with Gasteiger partial charge in [0.25, 0.3) is 0 Å². The number of fused-ring (bicyclic) bond motifs is 7. The molecule has 0 fully saturated rings. The number of nitrogens with zero attached hydrogens (tertiary/aromatic N) is 2. The summed E-state index contributed by atoms with van der Waals surface area (Å²) in [4.78, 5) is 0. The van der Waals surface area contributed by atoms with Gasteiger partial charge in [-0.25, -0.2) is 9.13 Å². The van der Waals surface area contributed by atoms with Crippen LogP contribution in [0.5, 0.6) is 0 Å². The van der Waals surface area contributed by atoms with Crippen molar-refractivity contribution in [2.75, 3.05) is 0 Å². The second-order valence-corrected chi connectivity index (χ2v) is 8.23. The Balaban J connectivity index is 1.82. The van der Waals surface area contributed by atoms with Crippen LogP contribution in [0.1, 0.15) is 29.2 Å². The molecule has 3 nitrogen and oxygen atoms in total. The molecule has 3 aromatic heterocycles. The largest absolute Gasteiger partial charge is 0.454 e. The average molecular weight is 428 g/mol. The highest BCUT2D eigenvalue weighted by Crippen LogP contribution is 2.40. The third-order valence-electron chi connectivity index (χ3n) is 6.27. The fourth-order valence-electron chi connectivity index (χ4n) is 4.66. The summed E-state index contributed by atoms with van der Waals surface area (Å²) in [5.41, 5.74) is 1.11. The summed E-state index contributed by atoms with van der Waals surface area (Å²) in [6.45, 7) is -7.84. The van der Waals surface area contributed by atoms with Crippen molar-refractivity contribution in [2.24, 2.45) is 14.1 Å². The van der Waals surface area contributed by atoms with Crippen molar-refractivity contribution in [2.45, 2.75) is 20.6 Å². The number of pyridine rings is 2. The lowest BCUT2D eigenvalue weighted by atomic mass is 9.99. The number of benzene rings is 3. The summed E-state index contributed by atoms with van der Waals surface area (Å²) < 4.78 is 82.7. The summed E-state index contributed by atoms with van der Waals surface area (Å²) >= 11 is 0. The zero-order valence-electron chi connectivity index (χ0n) is 26.7. The third kappa shape index (κ3) is 2.54. The lowest BCUT2D eigenvalue weighted by molar-refractivity contribution is -0.678. The van der Waals surface area contributed by atoms with E-state index in [4.69, 9.17) is 16.8 Å². The van der Waals surface area contributed by atoms with E-state index in [1.165, 1.54) is 16.8 Å². The Bertz CT molecular complexity index is 2030. The van der Waals surface area contributed by atoms with Crippen molar-refractivity contribution in [1.82, 2.24) is 0 Å². The molecular weight excluding hydrogens is 392 g/mol. The number of rotatable bonds is 1. The van der Waals surface area contributed by atoms with Crippen LogP contribution in [0.2, 0.25) is 0 Å². The number of furan rings is 1. The van der Waals surface area contributed by atoms with Gasteiger partial charge >= 0.3 is 0 Å². The molecule has 156 valence electrons. The first-order valence-corrected chi connectivity index (χ1v) is 10.3. The molecule has 0 bridgehead atoms. The van der Waals surface area contributed by atoms with E-state index in [1.54, 1.807) is 24.9 Å². The first-order valence-electron chi connectivity index (χ1n) is 14.8. The first-order chi connectivity index (χ1) is 19.1. The van der Waals surface area contributed by atoms with Gasteiger partial charge in [0.15, 0.2) is 29.2 Å². The lowest BCUT2D eigenvalue weighted by Crippen LogP contribution is -2.35. The van der Waals surface area contributed by atoms with Gasteiger partial charge in [-0.2, -0.15) is 0 Å². The maximum absolute atomic E-state index is 8.36. The molecule has 0 aliphatic carbocycles. The van der Waals surface area contributed by atoms with Crippen molar-refractivity contribution in [3.05, 3.63) is 83.8 Å². The number of aromatic nitrogens is 2. The lowest BCUT2D eigenvalue weighted by Gasteiger charge is -2.05. The predicted molar refractivity (Wildman–Crippen MR) is 131 cm³/mol. The molecule has 0 N–H and O–H groups in total. The molecule has 0 saturated carbocycles. The van der Waals surface area contributed by atoms with Gasteiger partial charge in [0.2, 0.25) is 5.69 Å². The molecule has 0 spiro atoms. The normalized spacial score (nSPS) is 17.2. The van der Waals surface area contributed by atoms with Gasteiger partial charge in [0.05, 0.1) is 5.39 Å². The molecule has 6 rings (SSSR count). The van der Waals surface area contributed by atoms with Gasteiger partial charge in [-0.15, -0.1) is 0 Å². The van der Waals surface area contributed by atoms with Crippen LogP contribution in [0.3, 0.4) is 0 Å². The molecule has 0 aliphatic heterocycles. The number of hydrogen-bond donors (Lipinski definition) is 0. The van der Waals surface area contributed by atoms with Crippen LogP contribution in [0.15, 0.2) is 71.4 Å². The monoisotopic (exact) mass is 427 g/mol. The van der Waals surface area contributed by atoms with E-state index in [0.717, 1.165) is 21.5 Å². The molecule has 0 saturated heterocycles. The zero-order valence-corrected chi connectivity index (χ0v) is 17.7. The van der Waals surface area contributed by atoms with Crippen LogP contribution in [0.25, 0.3) is 54.7 Å².